The van der Waals surface area contributed by atoms with Gasteiger partial charge in [0.25, 0.3) is 5.91 Å². The summed E-state index contributed by atoms with van der Waals surface area (Å²) in [6, 6.07) is 13.1. The molecule has 32 heavy (non-hydrogen) atoms. The second-order valence-corrected chi connectivity index (χ2v) is 9.48. The number of amides is 1. The third kappa shape index (κ3) is 4.02. The van der Waals surface area contributed by atoms with Crippen molar-refractivity contribution in [1.29, 1.82) is 0 Å². The first kappa shape index (κ1) is 22.7. The Morgan fingerprint density at radius 2 is 1.75 bits per heavy atom. The van der Waals surface area contributed by atoms with Gasteiger partial charge in [0.1, 0.15) is 5.58 Å². The van der Waals surface area contributed by atoms with Crippen LogP contribution in [-0.4, -0.2) is 41.9 Å². The second kappa shape index (κ2) is 9.20. The third-order valence-corrected chi connectivity index (χ3v) is 6.89. The van der Waals surface area contributed by atoms with E-state index in [2.05, 4.69) is 60.7 Å². The minimum absolute atomic E-state index is 0.140. The van der Waals surface area contributed by atoms with E-state index in [4.69, 9.17) is 4.42 Å². The van der Waals surface area contributed by atoms with E-state index in [1.54, 1.807) is 17.0 Å². The highest BCUT2D eigenvalue weighted by molar-refractivity contribution is 9.10. The zero-order valence-electron chi connectivity index (χ0n) is 19.0. The quantitative estimate of drug-likeness (QED) is 0.429. The molecular formula is C26H29BrN2O3. The first-order chi connectivity index (χ1) is 15.3. The van der Waals surface area contributed by atoms with Gasteiger partial charge >= 0.3 is 0 Å². The van der Waals surface area contributed by atoms with Crippen molar-refractivity contribution in [2.24, 2.45) is 0 Å². The standard InChI is InChI=1S/C26H29BrN2O3/c1-5-28(6-2)13-14-29-23(18-9-7-17(8-10-18)16(3)4)22-24(30)20-15-19(27)11-12-21(20)32-25(22)26(29)31/h7-12,15-16,23H,5-6,13-14H2,1-4H3. The Morgan fingerprint density at radius 3 is 2.38 bits per heavy atom. The molecule has 0 aliphatic carbocycles. The molecule has 2 aromatic carbocycles. The average molecular weight is 497 g/mol. The number of rotatable bonds is 7. The van der Waals surface area contributed by atoms with Crippen molar-refractivity contribution in [2.75, 3.05) is 26.2 Å². The molecule has 0 fully saturated rings. The molecule has 1 unspecified atom stereocenters. The summed E-state index contributed by atoms with van der Waals surface area (Å²) >= 11 is 3.45. The van der Waals surface area contributed by atoms with E-state index in [1.807, 2.05) is 18.2 Å². The number of hydrogen-bond acceptors (Lipinski definition) is 4. The molecule has 1 aliphatic heterocycles. The number of carbonyl (C=O) groups is 1. The molecule has 2 heterocycles. The van der Waals surface area contributed by atoms with Gasteiger partial charge in [-0.1, -0.05) is 67.9 Å². The lowest BCUT2D eigenvalue weighted by molar-refractivity contribution is 0.0708. The summed E-state index contributed by atoms with van der Waals surface area (Å²) in [6.45, 7) is 11.6. The Kier molecular flexibility index (Phi) is 6.54. The highest BCUT2D eigenvalue weighted by Gasteiger charge is 2.42. The van der Waals surface area contributed by atoms with Crippen LogP contribution >= 0.6 is 15.9 Å². The van der Waals surface area contributed by atoms with E-state index in [0.717, 1.165) is 29.7 Å². The van der Waals surface area contributed by atoms with Crippen LogP contribution in [0.25, 0.3) is 11.0 Å². The van der Waals surface area contributed by atoms with Gasteiger partial charge in [-0.25, -0.2) is 0 Å². The Bertz CT molecular complexity index is 1200. The molecule has 0 saturated heterocycles. The molecule has 1 aliphatic rings. The molecule has 0 bridgehead atoms. The van der Waals surface area contributed by atoms with Gasteiger partial charge in [-0.15, -0.1) is 0 Å². The Morgan fingerprint density at radius 1 is 1.06 bits per heavy atom. The number of benzene rings is 2. The van der Waals surface area contributed by atoms with Crippen molar-refractivity contribution in [3.05, 3.63) is 79.6 Å². The first-order valence-electron chi connectivity index (χ1n) is 11.2. The fourth-order valence-electron chi connectivity index (χ4n) is 4.42. The predicted molar refractivity (Wildman–Crippen MR) is 131 cm³/mol. The van der Waals surface area contributed by atoms with Crippen LogP contribution in [0.2, 0.25) is 0 Å². The van der Waals surface area contributed by atoms with Gasteiger partial charge in [0.2, 0.25) is 5.76 Å². The highest BCUT2D eigenvalue weighted by Crippen LogP contribution is 2.38. The molecule has 1 aromatic heterocycles. The topological polar surface area (TPSA) is 53.8 Å². The summed E-state index contributed by atoms with van der Waals surface area (Å²) in [5, 5.41) is 0.486. The van der Waals surface area contributed by atoms with Crippen molar-refractivity contribution >= 4 is 32.8 Å². The van der Waals surface area contributed by atoms with E-state index in [-0.39, 0.29) is 17.1 Å². The lowest BCUT2D eigenvalue weighted by atomic mass is 9.95. The lowest BCUT2D eigenvalue weighted by Gasteiger charge is -2.28. The minimum atomic E-state index is -0.450. The number of carbonyl (C=O) groups excluding carboxylic acids is 1. The number of hydrogen-bond donors (Lipinski definition) is 0. The Balaban J connectivity index is 1.86. The maximum Gasteiger partial charge on any atom is 0.290 e. The molecule has 0 saturated carbocycles. The summed E-state index contributed by atoms with van der Waals surface area (Å²) in [5.74, 6) is 0.362. The molecule has 4 rings (SSSR count). The van der Waals surface area contributed by atoms with Crippen LogP contribution in [0.15, 0.2) is 56.1 Å². The normalized spacial score (nSPS) is 15.9. The van der Waals surface area contributed by atoms with Crippen LogP contribution in [0.1, 0.15) is 66.9 Å². The van der Waals surface area contributed by atoms with E-state index in [9.17, 15) is 9.59 Å². The minimum Gasteiger partial charge on any atom is -0.450 e. The molecule has 0 radical (unpaired) electrons. The van der Waals surface area contributed by atoms with Crippen molar-refractivity contribution in [2.45, 2.75) is 39.7 Å². The number of likely N-dealkylation sites (N-methyl/N-ethyl adjacent to an activating group) is 1. The zero-order valence-corrected chi connectivity index (χ0v) is 20.6. The molecule has 168 valence electrons. The monoisotopic (exact) mass is 496 g/mol. The highest BCUT2D eigenvalue weighted by atomic mass is 79.9. The third-order valence-electron chi connectivity index (χ3n) is 6.40. The maximum atomic E-state index is 13.6. The predicted octanol–water partition coefficient (Wildman–Crippen LogP) is 5.57. The van der Waals surface area contributed by atoms with Gasteiger partial charge in [0.15, 0.2) is 5.43 Å². The largest absolute Gasteiger partial charge is 0.450 e. The molecule has 5 nitrogen and oxygen atoms in total. The van der Waals surface area contributed by atoms with Gasteiger partial charge in [-0.05, 0) is 48.3 Å². The van der Waals surface area contributed by atoms with E-state index in [0.29, 0.717) is 29.0 Å². The second-order valence-electron chi connectivity index (χ2n) is 8.56. The van der Waals surface area contributed by atoms with Gasteiger partial charge < -0.3 is 14.2 Å². The van der Waals surface area contributed by atoms with Crippen LogP contribution in [0.3, 0.4) is 0 Å². The van der Waals surface area contributed by atoms with Gasteiger partial charge in [-0.2, -0.15) is 0 Å². The van der Waals surface area contributed by atoms with Gasteiger partial charge in [-0.3, -0.25) is 9.59 Å². The molecular weight excluding hydrogens is 468 g/mol. The summed E-state index contributed by atoms with van der Waals surface area (Å²) < 4.78 is 6.83. The van der Waals surface area contributed by atoms with Gasteiger partial charge in [0, 0.05) is 17.6 Å². The number of nitrogens with zero attached hydrogens (tertiary/aromatic N) is 2. The zero-order chi connectivity index (χ0) is 23.0. The van der Waals surface area contributed by atoms with E-state index >= 15 is 0 Å². The van der Waals surface area contributed by atoms with E-state index in [1.165, 1.54) is 5.56 Å². The summed E-state index contributed by atoms with van der Waals surface area (Å²) in [5.41, 5.74) is 2.89. The van der Waals surface area contributed by atoms with Crippen molar-refractivity contribution in [1.82, 2.24) is 9.80 Å². The smallest absolute Gasteiger partial charge is 0.290 e. The SMILES string of the molecule is CCN(CC)CCN1C(=O)c2oc3ccc(Br)cc3c(=O)c2C1c1ccc(C(C)C)cc1. The van der Waals surface area contributed by atoms with Crippen molar-refractivity contribution < 1.29 is 9.21 Å². The van der Waals surface area contributed by atoms with Crippen LogP contribution in [0, 0.1) is 0 Å². The summed E-state index contributed by atoms with van der Waals surface area (Å²) in [6.07, 6.45) is 0. The van der Waals surface area contributed by atoms with E-state index < -0.39 is 6.04 Å². The molecule has 0 spiro atoms. The Labute approximate surface area is 197 Å². The number of halogens is 1. The fourth-order valence-corrected chi connectivity index (χ4v) is 4.78. The fraction of sp³-hybridized carbons (Fsp3) is 0.385. The average Bonchev–Trinajstić information content (AvgIpc) is 3.07. The number of fused-ring (bicyclic) bond motifs is 2. The summed E-state index contributed by atoms with van der Waals surface area (Å²) in [4.78, 5) is 31.1. The van der Waals surface area contributed by atoms with Crippen LogP contribution in [0.4, 0.5) is 0 Å². The van der Waals surface area contributed by atoms with Crippen LogP contribution < -0.4 is 5.43 Å². The Hall–Kier alpha value is -2.44. The molecule has 0 N–H and O–H groups in total. The first-order valence-corrected chi connectivity index (χ1v) is 12.0. The molecule has 1 amide bonds. The van der Waals surface area contributed by atoms with Crippen LogP contribution in [0.5, 0.6) is 0 Å². The molecule has 3 aromatic rings. The molecule has 1 atom stereocenters. The van der Waals surface area contributed by atoms with Crippen LogP contribution in [-0.2, 0) is 0 Å². The summed E-state index contributed by atoms with van der Waals surface area (Å²) in [7, 11) is 0. The van der Waals surface area contributed by atoms with Crippen molar-refractivity contribution in [3.63, 3.8) is 0 Å². The lowest BCUT2D eigenvalue weighted by Crippen LogP contribution is -2.37. The molecule has 6 heteroatoms. The van der Waals surface area contributed by atoms with Gasteiger partial charge in [0.05, 0.1) is 17.0 Å². The maximum absolute atomic E-state index is 13.6. The van der Waals surface area contributed by atoms with Crippen molar-refractivity contribution in [3.8, 4) is 0 Å².